The summed E-state index contributed by atoms with van der Waals surface area (Å²) in [7, 11) is -3.84. The zero-order valence-electron chi connectivity index (χ0n) is 13.8. The van der Waals surface area contributed by atoms with Crippen LogP contribution in [0.5, 0.6) is 0 Å². The number of hydrogen-bond acceptors (Lipinski definition) is 8. The molecule has 0 aliphatic heterocycles. The zero-order chi connectivity index (χ0) is 18.8. The average Bonchev–Trinajstić information content (AvgIpc) is 2.49. The quantitative estimate of drug-likeness (QED) is 0.453. The lowest BCUT2D eigenvalue weighted by Gasteiger charge is -2.25. The third-order valence-electron chi connectivity index (χ3n) is 3.28. The van der Waals surface area contributed by atoms with Crippen molar-refractivity contribution in [2.75, 3.05) is 5.32 Å². The number of primary sulfonamides is 1. The van der Waals surface area contributed by atoms with Gasteiger partial charge in [-0.2, -0.15) is 0 Å². The number of hydrogen-bond donors (Lipinski definition) is 3. The van der Waals surface area contributed by atoms with Gasteiger partial charge in [0, 0.05) is 11.4 Å². The van der Waals surface area contributed by atoms with Gasteiger partial charge in [-0.1, -0.05) is 18.7 Å². The van der Waals surface area contributed by atoms with Gasteiger partial charge in [0.05, 0.1) is 22.0 Å². The molecule has 1 unspecified atom stereocenters. The molecule has 0 saturated heterocycles. The van der Waals surface area contributed by atoms with Crippen LogP contribution in [-0.2, 0) is 10.0 Å². The molecule has 4 N–H and O–H groups in total. The number of halogens is 1. The van der Waals surface area contributed by atoms with Gasteiger partial charge in [-0.3, -0.25) is 0 Å². The molecule has 11 heteroatoms. The van der Waals surface area contributed by atoms with Crippen molar-refractivity contribution in [3.8, 4) is 0 Å². The van der Waals surface area contributed by atoms with Crippen LogP contribution >= 0.6 is 27.7 Å². The first-order valence-electron chi connectivity index (χ1n) is 7.14. The van der Waals surface area contributed by atoms with Crippen molar-refractivity contribution in [3.05, 3.63) is 29.0 Å². The Hall–Kier alpha value is -1.27. The Morgan fingerprint density at radius 2 is 2.00 bits per heavy atom. The third-order valence-corrected chi connectivity index (χ3v) is 6.41. The molecule has 0 bridgehead atoms. The predicted octanol–water partition coefficient (Wildman–Crippen LogP) is 2.28. The number of thioether (sulfide) groups is 1. The van der Waals surface area contributed by atoms with Gasteiger partial charge in [-0.05, 0) is 41.9 Å². The van der Waals surface area contributed by atoms with E-state index in [1.54, 1.807) is 20.0 Å². The normalized spacial score (nSPS) is 13.5. The summed E-state index contributed by atoms with van der Waals surface area (Å²) >= 11 is 4.80. The van der Waals surface area contributed by atoms with Crippen LogP contribution in [-0.4, -0.2) is 39.3 Å². The standard InChI is InChI=1S/C14H18BrN5O3S2/c1-8(14(2,3)21)24-12-10(15)7-18-13(20-12)19-9-4-5-11(17-6-9)25(16,22)23/h4-8,21H,1-3H3,(H2,16,22,23)(H,18,19,20). The van der Waals surface area contributed by atoms with E-state index in [0.29, 0.717) is 21.1 Å². The molecule has 0 aliphatic rings. The Bertz CT molecular complexity index is 854. The zero-order valence-corrected chi connectivity index (χ0v) is 17.0. The second-order valence-corrected chi connectivity index (χ2v) is 9.51. The van der Waals surface area contributed by atoms with E-state index >= 15 is 0 Å². The fourth-order valence-electron chi connectivity index (χ4n) is 1.56. The van der Waals surface area contributed by atoms with Gasteiger partial charge in [0.25, 0.3) is 10.0 Å². The van der Waals surface area contributed by atoms with Crippen LogP contribution in [0.25, 0.3) is 0 Å². The summed E-state index contributed by atoms with van der Waals surface area (Å²) in [6.07, 6.45) is 2.93. The SMILES string of the molecule is CC(Sc1nc(Nc2ccc(S(N)(=O)=O)nc2)ncc1Br)C(C)(C)O. The Morgan fingerprint density at radius 3 is 2.52 bits per heavy atom. The van der Waals surface area contributed by atoms with E-state index in [-0.39, 0.29) is 10.3 Å². The Kier molecular flexibility index (Phi) is 6.05. The number of aliphatic hydroxyl groups is 1. The minimum atomic E-state index is -3.84. The average molecular weight is 448 g/mol. The fourth-order valence-corrected chi connectivity index (χ4v) is 3.41. The monoisotopic (exact) mass is 447 g/mol. The summed E-state index contributed by atoms with van der Waals surface area (Å²) in [6.45, 7) is 5.37. The van der Waals surface area contributed by atoms with Crippen LogP contribution in [0.3, 0.4) is 0 Å². The summed E-state index contributed by atoms with van der Waals surface area (Å²) < 4.78 is 23.1. The maximum absolute atomic E-state index is 11.2. The molecule has 25 heavy (non-hydrogen) atoms. The second-order valence-electron chi connectivity index (χ2n) is 5.82. The van der Waals surface area contributed by atoms with Crippen LogP contribution in [0.15, 0.2) is 39.1 Å². The van der Waals surface area contributed by atoms with Crippen molar-refractivity contribution in [1.82, 2.24) is 15.0 Å². The summed E-state index contributed by atoms with van der Waals surface area (Å²) in [4.78, 5) is 12.4. The number of nitrogens with two attached hydrogens (primary N) is 1. The highest BCUT2D eigenvalue weighted by atomic mass is 79.9. The molecule has 0 aliphatic carbocycles. The van der Waals surface area contributed by atoms with Gasteiger partial charge in [-0.15, -0.1) is 0 Å². The highest BCUT2D eigenvalue weighted by molar-refractivity contribution is 9.10. The van der Waals surface area contributed by atoms with Gasteiger partial charge < -0.3 is 10.4 Å². The topological polar surface area (TPSA) is 131 Å². The first-order valence-corrected chi connectivity index (χ1v) is 10.4. The molecular weight excluding hydrogens is 430 g/mol. The maximum atomic E-state index is 11.2. The van der Waals surface area contributed by atoms with Gasteiger partial charge in [0.1, 0.15) is 5.03 Å². The molecule has 2 aromatic rings. The lowest BCUT2D eigenvalue weighted by Crippen LogP contribution is -2.30. The van der Waals surface area contributed by atoms with Gasteiger partial charge in [0.15, 0.2) is 5.03 Å². The van der Waals surface area contributed by atoms with Crippen LogP contribution in [0.4, 0.5) is 11.6 Å². The number of aromatic nitrogens is 3. The maximum Gasteiger partial charge on any atom is 0.255 e. The van der Waals surface area contributed by atoms with Crippen LogP contribution < -0.4 is 10.5 Å². The molecule has 2 aromatic heterocycles. The van der Waals surface area contributed by atoms with Gasteiger partial charge in [-0.25, -0.2) is 28.5 Å². The van der Waals surface area contributed by atoms with Crippen molar-refractivity contribution in [3.63, 3.8) is 0 Å². The molecule has 0 radical (unpaired) electrons. The molecule has 0 spiro atoms. The predicted molar refractivity (Wildman–Crippen MR) is 100 cm³/mol. The molecular formula is C14H18BrN5O3S2. The van der Waals surface area contributed by atoms with E-state index in [2.05, 4.69) is 36.2 Å². The summed E-state index contributed by atoms with van der Waals surface area (Å²) in [6, 6.07) is 2.81. The molecule has 2 heterocycles. The summed E-state index contributed by atoms with van der Waals surface area (Å²) in [5, 5.41) is 18.4. The van der Waals surface area contributed by atoms with E-state index in [9.17, 15) is 13.5 Å². The molecule has 136 valence electrons. The van der Waals surface area contributed by atoms with Crippen molar-refractivity contribution in [1.29, 1.82) is 0 Å². The third kappa shape index (κ3) is 5.61. The molecule has 0 fully saturated rings. The molecule has 1 atom stereocenters. The highest BCUT2D eigenvalue weighted by Crippen LogP contribution is 2.33. The van der Waals surface area contributed by atoms with E-state index in [4.69, 9.17) is 5.14 Å². The Morgan fingerprint density at radius 1 is 1.32 bits per heavy atom. The van der Waals surface area contributed by atoms with Crippen LogP contribution in [0.2, 0.25) is 0 Å². The Labute approximate surface area is 158 Å². The lowest BCUT2D eigenvalue weighted by molar-refractivity contribution is 0.0823. The Balaban J connectivity index is 2.19. The van der Waals surface area contributed by atoms with Gasteiger partial charge in [0.2, 0.25) is 5.95 Å². The number of anilines is 2. The van der Waals surface area contributed by atoms with Crippen LogP contribution in [0.1, 0.15) is 20.8 Å². The largest absolute Gasteiger partial charge is 0.389 e. The van der Waals surface area contributed by atoms with Crippen LogP contribution in [0, 0.1) is 0 Å². The van der Waals surface area contributed by atoms with Crippen molar-refractivity contribution < 1.29 is 13.5 Å². The summed E-state index contributed by atoms with van der Waals surface area (Å²) in [5.74, 6) is 0.318. The first kappa shape index (κ1) is 20.0. The van der Waals surface area contributed by atoms with Crippen molar-refractivity contribution in [2.24, 2.45) is 5.14 Å². The van der Waals surface area contributed by atoms with Crippen molar-refractivity contribution in [2.45, 2.75) is 41.7 Å². The smallest absolute Gasteiger partial charge is 0.255 e. The summed E-state index contributed by atoms with van der Waals surface area (Å²) in [5.41, 5.74) is -0.350. The fraction of sp³-hybridized carbons (Fsp3) is 0.357. The molecule has 8 nitrogen and oxygen atoms in total. The number of sulfonamides is 1. The molecule has 0 amide bonds. The molecule has 2 rings (SSSR count). The van der Waals surface area contributed by atoms with E-state index in [0.717, 1.165) is 0 Å². The van der Waals surface area contributed by atoms with Gasteiger partial charge >= 0.3 is 0 Å². The lowest BCUT2D eigenvalue weighted by atomic mass is 10.1. The minimum Gasteiger partial charge on any atom is -0.389 e. The number of pyridine rings is 1. The number of nitrogens with zero attached hydrogens (tertiary/aromatic N) is 3. The van der Waals surface area contributed by atoms with E-state index in [1.165, 1.54) is 30.1 Å². The minimum absolute atomic E-state index is 0.0951. The number of rotatable bonds is 6. The first-order chi connectivity index (χ1) is 11.5. The second kappa shape index (κ2) is 7.54. The molecule has 0 aromatic carbocycles. The number of nitrogens with one attached hydrogen (secondary N) is 1. The van der Waals surface area contributed by atoms with E-state index in [1.807, 2.05) is 6.92 Å². The van der Waals surface area contributed by atoms with E-state index < -0.39 is 15.6 Å². The van der Waals surface area contributed by atoms with Crippen molar-refractivity contribution >= 4 is 49.4 Å². The molecule has 0 saturated carbocycles. The highest BCUT2D eigenvalue weighted by Gasteiger charge is 2.25.